The van der Waals surface area contributed by atoms with Crippen molar-refractivity contribution in [3.63, 3.8) is 0 Å². The number of carbonyl (C=O) groups is 1. The Balaban J connectivity index is 0.00000169. The number of nitrogens with zero attached hydrogens (tertiary/aromatic N) is 1. The van der Waals surface area contributed by atoms with Crippen LogP contribution in [0.2, 0.25) is 0 Å². The van der Waals surface area contributed by atoms with Crippen LogP contribution in [0.5, 0.6) is 0 Å². The minimum atomic E-state index is 0. The van der Waals surface area contributed by atoms with Gasteiger partial charge in [0.05, 0.1) is 0 Å². The summed E-state index contributed by atoms with van der Waals surface area (Å²) >= 11 is 0. The van der Waals surface area contributed by atoms with E-state index in [-0.39, 0.29) is 24.2 Å². The third kappa shape index (κ3) is 3.46. The molecule has 1 saturated heterocycles. The lowest BCUT2D eigenvalue weighted by Crippen LogP contribution is -2.45. The molecule has 1 fully saturated rings. The number of piperidine rings is 1. The van der Waals surface area contributed by atoms with Crippen molar-refractivity contribution >= 4 is 18.3 Å². The highest BCUT2D eigenvalue weighted by Gasteiger charge is 2.23. The summed E-state index contributed by atoms with van der Waals surface area (Å²) in [5, 5.41) is 3.30. The Hall–Kier alpha value is -0.280. The summed E-state index contributed by atoms with van der Waals surface area (Å²) in [7, 11) is 1.93. The van der Waals surface area contributed by atoms with Crippen molar-refractivity contribution in [2.75, 3.05) is 20.1 Å². The summed E-state index contributed by atoms with van der Waals surface area (Å²) in [6, 6.07) is 0.455. The minimum Gasteiger partial charge on any atom is -0.342 e. The van der Waals surface area contributed by atoms with E-state index in [0.29, 0.717) is 6.04 Å². The minimum absolute atomic E-state index is 0. The molecule has 1 aliphatic heterocycles. The lowest BCUT2D eigenvalue weighted by Gasteiger charge is -2.32. The second kappa shape index (κ2) is 6.25. The Labute approximate surface area is 92.6 Å². The summed E-state index contributed by atoms with van der Waals surface area (Å²) in [5.41, 5.74) is 0. The number of carbonyl (C=O) groups excluding carboxylic acids is 1. The third-order valence-corrected chi connectivity index (χ3v) is 2.70. The monoisotopic (exact) mass is 220 g/mol. The molecule has 0 aromatic heterocycles. The molecule has 0 radical (unpaired) electrons. The maximum atomic E-state index is 11.6. The molecule has 0 saturated carbocycles. The molecule has 0 atom stereocenters. The second-order valence-electron chi connectivity index (χ2n) is 4.09. The van der Waals surface area contributed by atoms with Gasteiger partial charge in [0.15, 0.2) is 0 Å². The predicted molar refractivity (Wildman–Crippen MR) is 60.7 cm³/mol. The van der Waals surface area contributed by atoms with E-state index in [1.165, 1.54) is 0 Å². The van der Waals surface area contributed by atoms with Crippen molar-refractivity contribution in [3.8, 4) is 0 Å². The van der Waals surface area contributed by atoms with Crippen molar-refractivity contribution in [1.82, 2.24) is 10.2 Å². The van der Waals surface area contributed by atoms with Gasteiger partial charge < -0.3 is 10.2 Å². The van der Waals surface area contributed by atoms with Crippen LogP contribution in [-0.4, -0.2) is 37.0 Å². The molecular formula is C10H21ClN2O. The topological polar surface area (TPSA) is 32.3 Å². The third-order valence-electron chi connectivity index (χ3n) is 2.70. The molecule has 0 unspecified atom stereocenters. The molecule has 1 N–H and O–H groups in total. The fourth-order valence-corrected chi connectivity index (χ4v) is 1.78. The fourth-order valence-electron chi connectivity index (χ4n) is 1.78. The Morgan fingerprint density at radius 1 is 1.36 bits per heavy atom. The molecule has 0 spiro atoms. The standard InChI is InChI=1S/C10H20N2O.ClH/c1-8(2)10(13)12(3)9-4-6-11-7-5-9;/h8-9,11H,4-7H2,1-3H3;1H. The van der Waals surface area contributed by atoms with Gasteiger partial charge in [-0.1, -0.05) is 13.8 Å². The van der Waals surface area contributed by atoms with Gasteiger partial charge in [0, 0.05) is 19.0 Å². The van der Waals surface area contributed by atoms with Gasteiger partial charge in [0.1, 0.15) is 0 Å². The number of amides is 1. The van der Waals surface area contributed by atoms with Crippen LogP contribution in [0.1, 0.15) is 26.7 Å². The summed E-state index contributed by atoms with van der Waals surface area (Å²) in [4.78, 5) is 13.6. The van der Waals surface area contributed by atoms with Gasteiger partial charge in [-0.25, -0.2) is 0 Å². The molecule has 0 aromatic rings. The van der Waals surface area contributed by atoms with E-state index in [4.69, 9.17) is 0 Å². The Morgan fingerprint density at radius 3 is 2.29 bits per heavy atom. The first-order valence-electron chi connectivity index (χ1n) is 5.10. The summed E-state index contributed by atoms with van der Waals surface area (Å²) < 4.78 is 0. The van der Waals surface area contributed by atoms with E-state index >= 15 is 0 Å². The fraction of sp³-hybridized carbons (Fsp3) is 0.900. The van der Waals surface area contributed by atoms with Crippen LogP contribution in [0.25, 0.3) is 0 Å². The molecule has 0 aliphatic carbocycles. The van der Waals surface area contributed by atoms with Crippen molar-refractivity contribution < 1.29 is 4.79 Å². The quantitative estimate of drug-likeness (QED) is 0.761. The van der Waals surface area contributed by atoms with E-state index in [0.717, 1.165) is 25.9 Å². The van der Waals surface area contributed by atoms with Crippen molar-refractivity contribution in [2.45, 2.75) is 32.7 Å². The van der Waals surface area contributed by atoms with Gasteiger partial charge in [-0.3, -0.25) is 4.79 Å². The Bertz CT molecular complexity index is 179. The maximum absolute atomic E-state index is 11.6. The molecule has 14 heavy (non-hydrogen) atoms. The SMILES string of the molecule is CC(C)C(=O)N(C)C1CCNCC1.Cl. The largest absolute Gasteiger partial charge is 0.342 e. The molecule has 84 valence electrons. The number of nitrogens with one attached hydrogen (secondary N) is 1. The van der Waals surface area contributed by atoms with E-state index < -0.39 is 0 Å². The van der Waals surface area contributed by atoms with Crippen LogP contribution < -0.4 is 5.32 Å². The van der Waals surface area contributed by atoms with Gasteiger partial charge in [0.2, 0.25) is 5.91 Å². The second-order valence-corrected chi connectivity index (χ2v) is 4.09. The van der Waals surface area contributed by atoms with Crippen LogP contribution in [0.3, 0.4) is 0 Å². The Morgan fingerprint density at radius 2 is 1.86 bits per heavy atom. The summed E-state index contributed by atoms with van der Waals surface area (Å²) in [6.45, 7) is 6.00. The highest BCUT2D eigenvalue weighted by atomic mass is 35.5. The lowest BCUT2D eigenvalue weighted by molar-refractivity contribution is -0.135. The van der Waals surface area contributed by atoms with Crippen LogP contribution in [0.15, 0.2) is 0 Å². The zero-order valence-electron chi connectivity index (χ0n) is 9.25. The zero-order valence-corrected chi connectivity index (χ0v) is 10.1. The average Bonchev–Trinajstić information content (AvgIpc) is 2.17. The van der Waals surface area contributed by atoms with Crippen LogP contribution >= 0.6 is 12.4 Å². The van der Waals surface area contributed by atoms with Crippen molar-refractivity contribution in [1.29, 1.82) is 0 Å². The number of halogens is 1. The first kappa shape index (κ1) is 13.7. The highest BCUT2D eigenvalue weighted by Crippen LogP contribution is 2.12. The maximum Gasteiger partial charge on any atom is 0.225 e. The van der Waals surface area contributed by atoms with Gasteiger partial charge in [0.25, 0.3) is 0 Å². The molecule has 1 rings (SSSR count). The molecular weight excluding hydrogens is 200 g/mol. The van der Waals surface area contributed by atoms with Crippen molar-refractivity contribution in [3.05, 3.63) is 0 Å². The number of rotatable bonds is 2. The van der Waals surface area contributed by atoms with Crippen LogP contribution in [-0.2, 0) is 4.79 Å². The normalized spacial score (nSPS) is 17.7. The van der Waals surface area contributed by atoms with E-state index in [1.807, 2.05) is 25.8 Å². The lowest BCUT2D eigenvalue weighted by atomic mass is 10.0. The highest BCUT2D eigenvalue weighted by molar-refractivity contribution is 5.85. The summed E-state index contributed by atoms with van der Waals surface area (Å²) in [6.07, 6.45) is 2.18. The predicted octanol–water partition coefficient (Wildman–Crippen LogP) is 1.27. The van der Waals surface area contributed by atoms with E-state index in [1.54, 1.807) is 0 Å². The molecule has 1 aliphatic rings. The molecule has 0 bridgehead atoms. The molecule has 1 amide bonds. The van der Waals surface area contributed by atoms with Crippen molar-refractivity contribution in [2.24, 2.45) is 5.92 Å². The molecule has 0 aromatic carbocycles. The zero-order chi connectivity index (χ0) is 9.84. The molecule has 3 nitrogen and oxygen atoms in total. The first-order valence-corrected chi connectivity index (χ1v) is 5.10. The number of hydrogen-bond donors (Lipinski definition) is 1. The van der Waals surface area contributed by atoms with Gasteiger partial charge >= 0.3 is 0 Å². The molecule has 1 heterocycles. The summed E-state index contributed by atoms with van der Waals surface area (Å²) in [5.74, 6) is 0.395. The number of hydrogen-bond acceptors (Lipinski definition) is 2. The van der Waals surface area contributed by atoms with E-state index in [9.17, 15) is 4.79 Å². The average molecular weight is 221 g/mol. The smallest absolute Gasteiger partial charge is 0.225 e. The first-order chi connectivity index (χ1) is 6.13. The van der Waals surface area contributed by atoms with Gasteiger partial charge in [-0.15, -0.1) is 12.4 Å². The van der Waals surface area contributed by atoms with Gasteiger partial charge in [-0.2, -0.15) is 0 Å². The molecule has 4 heteroatoms. The Kier molecular flexibility index (Phi) is 6.12. The van der Waals surface area contributed by atoms with Crippen LogP contribution in [0, 0.1) is 5.92 Å². The van der Waals surface area contributed by atoms with E-state index in [2.05, 4.69) is 5.32 Å². The van der Waals surface area contributed by atoms with Crippen LogP contribution in [0.4, 0.5) is 0 Å². The van der Waals surface area contributed by atoms with Gasteiger partial charge in [-0.05, 0) is 25.9 Å².